The quantitative estimate of drug-likeness (QED) is 0.730. The van der Waals surface area contributed by atoms with E-state index in [0.29, 0.717) is 5.56 Å². The van der Waals surface area contributed by atoms with E-state index < -0.39 is 0 Å². The minimum atomic E-state index is -0.184. The van der Waals surface area contributed by atoms with E-state index in [4.69, 9.17) is 5.73 Å². The van der Waals surface area contributed by atoms with E-state index in [1.54, 1.807) is 13.0 Å². The zero-order valence-corrected chi connectivity index (χ0v) is 8.46. The van der Waals surface area contributed by atoms with Gasteiger partial charge in [-0.05, 0) is 37.0 Å². The summed E-state index contributed by atoms with van der Waals surface area (Å²) >= 11 is 0. The van der Waals surface area contributed by atoms with Gasteiger partial charge < -0.3 is 5.73 Å². The third-order valence-electron chi connectivity index (χ3n) is 2.31. The zero-order chi connectivity index (χ0) is 10.6. The minimum Gasteiger partial charge on any atom is -0.324 e. The van der Waals surface area contributed by atoms with Crippen molar-refractivity contribution in [1.29, 1.82) is 0 Å². The molecule has 0 saturated heterocycles. The van der Waals surface area contributed by atoms with Crippen molar-refractivity contribution in [2.24, 2.45) is 5.73 Å². The third kappa shape index (κ3) is 2.67. The molecule has 2 heteroatoms. The monoisotopic (exact) mass is 193 g/mol. The summed E-state index contributed by atoms with van der Waals surface area (Å²) in [5.74, 6) is -0.184. The number of hydrogen-bond acceptors (Lipinski definition) is 1. The van der Waals surface area contributed by atoms with Crippen LogP contribution in [0.5, 0.6) is 0 Å². The molecule has 1 rings (SSSR count). The molecule has 1 atom stereocenters. The average Bonchev–Trinajstić information content (AvgIpc) is 2.18. The Morgan fingerprint density at radius 1 is 1.57 bits per heavy atom. The Morgan fingerprint density at radius 2 is 2.29 bits per heavy atom. The number of rotatable bonds is 4. The van der Waals surface area contributed by atoms with Gasteiger partial charge in [-0.1, -0.05) is 18.2 Å². The molecule has 0 aliphatic heterocycles. The second kappa shape index (κ2) is 4.91. The summed E-state index contributed by atoms with van der Waals surface area (Å²) in [4.78, 5) is 0. The molecule has 0 bridgehead atoms. The number of halogens is 1. The van der Waals surface area contributed by atoms with Crippen LogP contribution in [0.1, 0.15) is 30.0 Å². The zero-order valence-electron chi connectivity index (χ0n) is 8.46. The second-order valence-corrected chi connectivity index (χ2v) is 3.48. The number of benzene rings is 1. The van der Waals surface area contributed by atoms with Gasteiger partial charge in [0.2, 0.25) is 0 Å². The van der Waals surface area contributed by atoms with Gasteiger partial charge in [-0.3, -0.25) is 0 Å². The van der Waals surface area contributed by atoms with Gasteiger partial charge in [-0.25, -0.2) is 4.39 Å². The van der Waals surface area contributed by atoms with E-state index in [0.717, 1.165) is 18.4 Å². The topological polar surface area (TPSA) is 26.0 Å². The lowest BCUT2D eigenvalue weighted by Gasteiger charge is -2.11. The van der Waals surface area contributed by atoms with Crippen molar-refractivity contribution in [3.63, 3.8) is 0 Å². The molecule has 14 heavy (non-hydrogen) atoms. The summed E-state index contributed by atoms with van der Waals surface area (Å²) in [6.45, 7) is 5.37. The van der Waals surface area contributed by atoms with Gasteiger partial charge >= 0.3 is 0 Å². The maximum absolute atomic E-state index is 13.2. The number of nitrogens with two attached hydrogens (primary N) is 1. The molecule has 2 N–H and O–H groups in total. The van der Waals surface area contributed by atoms with Crippen molar-refractivity contribution >= 4 is 0 Å². The minimum absolute atomic E-state index is 0.0944. The third-order valence-corrected chi connectivity index (χ3v) is 2.31. The number of hydrogen-bond donors (Lipinski definition) is 1. The van der Waals surface area contributed by atoms with Crippen LogP contribution in [0.25, 0.3) is 0 Å². The summed E-state index contributed by atoms with van der Waals surface area (Å²) in [5.41, 5.74) is 7.40. The molecule has 0 amide bonds. The molecular formula is C12H16FN. The van der Waals surface area contributed by atoms with E-state index in [1.807, 2.05) is 12.1 Å². The Bertz CT molecular complexity index is 320. The first kappa shape index (κ1) is 10.9. The van der Waals surface area contributed by atoms with Crippen LogP contribution in [0.2, 0.25) is 0 Å². The van der Waals surface area contributed by atoms with Gasteiger partial charge in [0.05, 0.1) is 0 Å². The molecule has 76 valence electrons. The molecule has 1 aromatic rings. The van der Waals surface area contributed by atoms with Crippen molar-refractivity contribution in [3.8, 4) is 0 Å². The fourth-order valence-electron chi connectivity index (χ4n) is 1.30. The van der Waals surface area contributed by atoms with Gasteiger partial charge in [0.15, 0.2) is 0 Å². The predicted octanol–water partition coefficient (Wildman–Crippen LogP) is 3.10. The highest BCUT2D eigenvalue weighted by atomic mass is 19.1. The normalized spacial score (nSPS) is 12.5. The maximum Gasteiger partial charge on any atom is 0.126 e. The Morgan fingerprint density at radius 3 is 2.86 bits per heavy atom. The van der Waals surface area contributed by atoms with E-state index in [1.165, 1.54) is 6.07 Å². The lowest BCUT2D eigenvalue weighted by molar-refractivity contribution is 0.604. The van der Waals surface area contributed by atoms with E-state index in [-0.39, 0.29) is 11.9 Å². The van der Waals surface area contributed by atoms with Crippen LogP contribution < -0.4 is 5.73 Å². The SMILES string of the molecule is C=CCC[C@@H](N)c1ccc(C)c(F)c1. The van der Waals surface area contributed by atoms with Crippen molar-refractivity contribution in [1.82, 2.24) is 0 Å². The fraction of sp³-hybridized carbons (Fsp3) is 0.333. The molecule has 0 radical (unpaired) electrons. The highest BCUT2D eigenvalue weighted by Gasteiger charge is 2.06. The van der Waals surface area contributed by atoms with Crippen LogP contribution >= 0.6 is 0 Å². The number of allylic oxidation sites excluding steroid dienone is 1. The smallest absolute Gasteiger partial charge is 0.126 e. The molecule has 0 unspecified atom stereocenters. The average molecular weight is 193 g/mol. The van der Waals surface area contributed by atoms with Gasteiger partial charge in [0.25, 0.3) is 0 Å². The summed E-state index contributed by atoms with van der Waals surface area (Å²) < 4.78 is 13.2. The highest BCUT2D eigenvalue weighted by Crippen LogP contribution is 2.18. The second-order valence-electron chi connectivity index (χ2n) is 3.48. The molecule has 0 aliphatic rings. The molecule has 0 aromatic heterocycles. The first-order valence-electron chi connectivity index (χ1n) is 4.77. The summed E-state index contributed by atoms with van der Waals surface area (Å²) in [6.07, 6.45) is 3.49. The summed E-state index contributed by atoms with van der Waals surface area (Å²) in [7, 11) is 0. The van der Waals surface area contributed by atoms with E-state index in [9.17, 15) is 4.39 Å². The van der Waals surface area contributed by atoms with Crippen LogP contribution in [0.4, 0.5) is 4.39 Å². The molecule has 1 aromatic carbocycles. The van der Waals surface area contributed by atoms with Crippen LogP contribution in [-0.4, -0.2) is 0 Å². The lowest BCUT2D eigenvalue weighted by Crippen LogP contribution is -2.10. The lowest BCUT2D eigenvalue weighted by atomic mass is 10.0. The summed E-state index contributed by atoms with van der Waals surface area (Å²) in [6, 6.07) is 5.07. The largest absolute Gasteiger partial charge is 0.324 e. The van der Waals surface area contributed by atoms with Gasteiger partial charge in [0, 0.05) is 6.04 Å². The highest BCUT2D eigenvalue weighted by molar-refractivity contribution is 5.25. The Balaban J connectivity index is 2.75. The van der Waals surface area contributed by atoms with Crippen LogP contribution in [0.15, 0.2) is 30.9 Å². The molecule has 0 saturated carbocycles. The molecule has 0 heterocycles. The number of aryl methyl sites for hydroxylation is 1. The summed E-state index contributed by atoms with van der Waals surface area (Å²) in [5, 5.41) is 0. The van der Waals surface area contributed by atoms with Crippen LogP contribution in [-0.2, 0) is 0 Å². The van der Waals surface area contributed by atoms with Crippen molar-refractivity contribution in [3.05, 3.63) is 47.8 Å². The van der Waals surface area contributed by atoms with Gasteiger partial charge in [-0.15, -0.1) is 6.58 Å². The fourth-order valence-corrected chi connectivity index (χ4v) is 1.30. The standard InChI is InChI=1S/C12H16FN/c1-3-4-5-12(14)10-7-6-9(2)11(13)8-10/h3,6-8,12H,1,4-5,14H2,2H3/t12-/m1/s1. The Kier molecular flexibility index (Phi) is 3.84. The molecule has 0 aliphatic carbocycles. The van der Waals surface area contributed by atoms with Crippen molar-refractivity contribution < 1.29 is 4.39 Å². The van der Waals surface area contributed by atoms with Crippen LogP contribution in [0, 0.1) is 12.7 Å². The van der Waals surface area contributed by atoms with Crippen LogP contribution in [0.3, 0.4) is 0 Å². The molecule has 1 nitrogen and oxygen atoms in total. The Hall–Kier alpha value is -1.15. The Labute approximate surface area is 84.4 Å². The first-order valence-corrected chi connectivity index (χ1v) is 4.77. The van der Waals surface area contributed by atoms with Gasteiger partial charge in [0.1, 0.15) is 5.82 Å². The van der Waals surface area contributed by atoms with Gasteiger partial charge in [-0.2, -0.15) is 0 Å². The predicted molar refractivity (Wildman–Crippen MR) is 57.5 cm³/mol. The molecular weight excluding hydrogens is 177 g/mol. The molecule has 0 fully saturated rings. The van der Waals surface area contributed by atoms with Crippen molar-refractivity contribution in [2.75, 3.05) is 0 Å². The van der Waals surface area contributed by atoms with E-state index in [2.05, 4.69) is 6.58 Å². The first-order chi connectivity index (χ1) is 6.65. The van der Waals surface area contributed by atoms with E-state index >= 15 is 0 Å². The maximum atomic E-state index is 13.2. The van der Waals surface area contributed by atoms with Crippen molar-refractivity contribution in [2.45, 2.75) is 25.8 Å². The molecule has 0 spiro atoms.